The monoisotopic (exact) mass is 308 g/mol. The van der Waals surface area contributed by atoms with E-state index in [1.807, 2.05) is 4.72 Å². The zero-order valence-electron chi connectivity index (χ0n) is 10.9. The van der Waals surface area contributed by atoms with E-state index in [1.54, 1.807) is 19.1 Å². The van der Waals surface area contributed by atoms with Gasteiger partial charge in [-0.3, -0.25) is 4.72 Å². The standard InChI is InChI=1S/C14H10F2N2O2S/c1-9-2-4-11(5-3-9)21(19,20)18-14-7-12(15)10(8-17)6-13(14)16/h2-7,18H,1H3. The first-order valence-corrected chi connectivity index (χ1v) is 7.30. The number of hydrogen-bond donors (Lipinski definition) is 1. The molecule has 0 atom stereocenters. The number of halogens is 2. The third-order valence-electron chi connectivity index (χ3n) is 2.75. The Kier molecular flexibility index (Phi) is 3.91. The molecule has 0 radical (unpaired) electrons. The first kappa shape index (κ1) is 14.9. The van der Waals surface area contributed by atoms with E-state index in [2.05, 4.69) is 0 Å². The minimum absolute atomic E-state index is 0.0720. The summed E-state index contributed by atoms with van der Waals surface area (Å²) >= 11 is 0. The summed E-state index contributed by atoms with van der Waals surface area (Å²) in [5, 5.41) is 8.58. The Morgan fingerprint density at radius 2 is 1.71 bits per heavy atom. The summed E-state index contributed by atoms with van der Waals surface area (Å²) in [6.07, 6.45) is 0. The number of rotatable bonds is 3. The lowest BCUT2D eigenvalue weighted by Gasteiger charge is -2.09. The molecule has 0 unspecified atom stereocenters. The second kappa shape index (κ2) is 5.50. The normalized spacial score (nSPS) is 11.0. The minimum atomic E-state index is -4.03. The largest absolute Gasteiger partial charge is 0.277 e. The van der Waals surface area contributed by atoms with Crippen LogP contribution in [0.2, 0.25) is 0 Å². The molecule has 2 rings (SSSR count). The second-order valence-electron chi connectivity index (χ2n) is 4.34. The van der Waals surface area contributed by atoms with Crippen LogP contribution in [0.4, 0.5) is 14.5 Å². The van der Waals surface area contributed by atoms with Crippen LogP contribution in [0, 0.1) is 29.9 Å². The molecule has 0 fully saturated rings. The maximum absolute atomic E-state index is 13.7. The van der Waals surface area contributed by atoms with Crippen molar-refractivity contribution in [2.24, 2.45) is 0 Å². The summed E-state index contributed by atoms with van der Waals surface area (Å²) in [6.45, 7) is 1.79. The zero-order valence-corrected chi connectivity index (χ0v) is 11.7. The fraction of sp³-hybridized carbons (Fsp3) is 0.0714. The van der Waals surface area contributed by atoms with Crippen molar-refractivity contribution in [2.45, 2.75) is 11.8 Å². The van der Waals surface area contributed by atoms with E-state index < -0.39 is 32.9 Å². The van der Waals surface area contributed by atoms with Crippen molar-refractivity contribution in [2.75, 3.05) is 4.72 Å². The lowest BCUT2D eigenvalue weighted by Crippen LogP contribution is -2.14. The van der Waals surface area contributed by atoms with Crippen LogP contribution in [0.15, 0.2) is 41.3 Å². The number of hydrogen-bond acceptors (Lipinski definition) is 3. The number of aryl methyl sites for hydroxylation is 1. The van der Waals surface area contributed by atoms with Gasteiger partial charge in [-0.2, -0.15) is 5.26 Å². The molecule has 0 heterocycles. The Morgan fingerprint density at radius 1 is 1.10 bits per heavy atom. The van der Waals surface area contributed by atoms with Gasteiger partial charge in [0, 0.05) is 6.07 Å². The van der Waals surface area contributed by atoms with Gasteiger partial charge in [-0.25, -0.2) is 17.2 Å². The van der Waals surface area contributed by atoms with E-state index >= 15 is 0 Å². The molecule has 4 nitrogen and oxygen atoms in total. The molecule has 0 saturated heterocycles. The van der Waals surface area contributed by atoms with E-state index in [9.17, 15) is 17.2 Å². The SMILES string of the molecule is Cc1ccc(S(=O)(=O)Nc2cc(F)c(C#N)cc2F)cc1. The van der Waals surface area contributed by atoms with Crippen molar-refractivity contribution in [1.82, 2.24) is 0 Å². The Bertz CT molecular complexity index is 825. The van der Waals surface area contributed by atoms with E-state index in [1.165, 1.54) is 18.2 Å². The number of anilines is 1. The lowest BCUT2D eigenvalue weighted by molar-refractivity contribution is 0.593. The molecule has 0 amide bonds. The fourth-order valence-corrected chi connectivity index (χ4v) is 2.69. The van der Waals surface area contributed by atoms with Gasteiger partial charge >= 0.3 is 0 Å². The van der Waals surface area contributed by atoms with Crippen LogP contribution in [-0.4, -0.2) is 8.42 Å². The van der Waals surface area contributed by atoms with Crippen LogP contribution in [0.5, 0.6) is 0 Å². The lowest BCUT2D eigenvalue weighted by atomic mass is 10.2. The number of sulfonamides is 1. The second-order valence-corrected chi connectivity index (χ2v) is 6.02. The van der Waals surface area contributed by atoms with Crippen LogP contribution in [0.3, 0.4) is 0 Å². The molecule has 0 aliphatic carbocycles. The molecule has 0 spiro atoms. The van der Waals surface area contributed by atoms with Crippen molar-refractivity contribution in [1.29, 1.82) is 5.26 Å². The zero-order chi connectivity index (χ0) is 15.6. The smallest absolute Gasteiger partial charge is 0.261 e. The Morgan fingerprint density at radius 3 is 2.29 bits per heavy atom. The van der Waals surface area contributed by atoms with Crippen LogP contribution in [0.1, 0.15) is 11.1 Å². The van der Waals surface area contributed by atoms with E-state index in [4.69, 9.17) is 5.26 Å². The molecule has 0 aliphatic heterocycles. The van der Waals surface area contributed by atoms with Crippen LogP contribution >= 0.6 is 0 Å². The summed E-state index contributed by atoms with van der Waals surface area (Å²) in [7, 11) is -4.03. The van der Waals surface area contributed by atoms with Gasteiger partial charge in [0.25, 0.3) is 10.0 Å². The van der Waals surface area contributed by atoms with Crippen LogP contribution in [0.25, 0.3) is 0 Å². The van der Waals surface area contributed by atoms with Crippen molar-refractivity contribution >= 4 is 15.7 Å². The molecule has 0 bridgehead atoms. The summed E-state index contributed by atoms with van der Waals surface area (Å²) in [6, 6.07) is 8.64. The van der Waals surface area contributed by atoms with Gasteiger partial charge in [0.05, 0.1) is 16.1 Å². The van der Waals surface area contributed by atoms with E-state index in [0.29, 0.717) is 12.1 Å². The highest BCUT2D eigenvalue weighted by molar-refractivity contribution is 7.92. The van der Waals surface area contributed by atoms with Crippen molar-refractivity contribution < 1.29 is 17.2 Å². The van der Waals surface area contributed by atoms with Crippen molar-refractivity contribution in [3.63, 3.8) is 0 Å². The highest BCUT2D eigenvalue weighted by Gasteiger charge is 2.18. The predicted molar refractivity (Wildman–Crippen MR) is 73.1 cm³/mol. The van der Waals surface area contributed by atoms with Crippen molar-refractivity contribution in [3.8, 4) is 6.07 Å². The topological polar surface area (TPSA) is 70.0 Å². The number of nitrogens with one attached hydrogen (secondary N) is 1. The summed E-state index contributed by atoms with van der Waals surface area (Å²) < 4.78 is 53.2. The molecule has 21 heavy (non-hydrogen) atoms. The third-order valence-corrected chi connectivity index (χ3v) is 4.13. The molecular formula is C14H10F2N2O2S. The Labute approximate surface area is 120 Å². The predicted octanol–water partition coefficient (Wildman–Crippen LogP) is 2.95. The average molecular weight is 308 g/mol. The molecule has 0 aromatic heterocycles. The van der Waals surface area contributed by atoms with Gasteiger partial charge in [0.15, 0.2) is 0 Å². The average Bonchev–Trinajstić information content (AvgIpc) is 2.42. The molecule has 7 heteroatoms. The number of nitrogens with zero attached hydrogens (tertiary/aromatic N) is 1. The molecule has 1 N–H and O–H groups in total. The highest BCUT2D eigenvalue weighted by Crippen LogP contribution is 2.22. The molecular weight excluding hydrogens is 298 g/mol. The van der Waals surface area contributed by atoms with Gasteiger partial charge < -0.3 is 0 Å². The third kappa shape index (κ3) is 3.17. The van der Waals surface area contributed by atoms with Gasteiger partial charge in [-0.1, -0.05) is 17.7 Å². The summed E-state index contributed by atoms with van der Waals surface area (Å²) in [5.41, 5.74) is -0.178. The van der Waals surface area contributed by atoms with Crippen LogP contribution in [-0.2, 0) is 10.0 Å². The minimum Gasteiger partial charge on any atom is -0.277 e. The van der Waals surface area contributed by atoms with Crippen molar-refractivity contribution in [3.05, 3.63) is 59.2 Å². The molecule has 2 aromatic carbocycles. The maximum atomic E-state index is 13.7. The molecule has 0 aliphatic rings. The fourth-order valence-electron chi connectivity index (χ4n) is 1.63. The van der Waals surface area contributed by atoms with E-state index in [0.717, 1.165) is 5.56 Å². The van der Waals surface area contributed by atoms with Gasteiger partial charge in [0.2, 0.25) is 0 Å². The quantitative estimate of drug-likeness (QED) is 0.947. The maximum Gasteiger partial charge on any atom is 0.261 e. The summed E-state index contributed by atoms with van der Waals surface area (Å²) in [4.78, 5) is -0.0720. The molecule has 2 aromatic rings. The first-order chi connectivity index (χ1) is 9.83. The first-order valence-electron chi connectivity index (χ1n) is 5.82. The molecule has 108 valence electrons. The number of benzene rings is 2. The number of nitriles is 1. The van der Waals surface area contributed by atoms with Gasteiger partial charge in [0.1, 0.15) is 17.7 Å². The van der Waals surface area contributed by atoms with Gasteiger partial charge in [-0.15, -0.1) is 0 Å². The molecule has 0 saturated carbocycles. The summed E-state index contributed by atoms with van der Waals surface area (Å²) in [5.74, 6) is -2.02. The Balaban J connectivity index is 2.40. The van der Waals surface area contributed by atoms with Gasteiger partial charge in [-0.05, 0) is 25.1 Å². The highest BCUT2D eigenvalue weighted by atomic mass is 32.2. The van der Waals surface area contributed by atoms with E-state index in [-0.39, 0.29) is 4.90 Å². The van der Waals surface area contributed by atoms with Crippen LogP contribution < -0.4 is 4.72 Å². The Hall–Kier alpha value is -2.46.